The van der Waals surface area contributed by atoms with E-state index < -0.39 is 11.7 Å². The standard InChI is InChI=1S/C21H24N2O4/c1-21(2,3)27-20(25)22(4)16-10-11-17-18(12-16)26-14-19(24)23(17)13-15-8-6-5-7-9-15/h5-12H,13-14H2,1-4H3. The fourth-order valence-electron chi connectivity index (χ4n) is 2.78. The number of hydrogen-bond donors (Lipinski definition) is 0. The summed E-state index contributed by atoms with van der Waals surface area (Å²) in [7, 11) is 1.64. The molecule has 2 amide bonds. The monoisotopic (exact) mass is 368 g/mol. The van der Waals surface area contributed by atoms with Crippen molar-refractivity contribution in [3.8, 4) is 5.75 Å². The van der Waals surface area contributed by atoms with E-state index >= 15 is 0 Å². The minimum Gasteiger partial charge on any atom is -0.481 e. The molecule has 0 N–H and O–H groups in total. The lowest BCUT2D eigenvalue weighted by molar-refractivity contribution is -0.121. The molecule has 27 heavy (non-hydrogen) atoms. The van der Waals surface area contributed by atoms with Crippen molar-refractivity contribution >= 4 is 23.4 Å². The van der Waals surface area contributed by atoms with Crippen LogP contribution >= 0.6 is 0 Å². The second-order valence-electron chi connectivity index (χ2n) is 7.45. The maximum atomic E-state index is 12.4. The molecule has 2 aromatic rings. The van der Waals surface area contributed by atoms with E-state index in [4.69, 9.17) is 9.47 Å². The van der Waals surface area contributed by atoms with Gasteiger partial charge in [-0.25, -0.2) is 4.79 Å². The Morgan fingerprint density at radius 3 is 2.56 bits per heavy atom. The van der Waals surface area contributed by atoms with Crippen molar-refractivity contribution in [3.05, 3.63) is 54.1 Å². The van der Waals surface area contributed by atoms with Crippen molar-refractivity contribution in [2.75, 3.05) is 23.5 Å². The van der Waals surface area contributed by atoms with Crippen molar-refractivity contribution in [2.24, 2.45) is 0 Å². The molecule has 0 atom stereocenters. The number of anilines is 2. The lowest BCUT2D eigenvalue weighted by Gasteiger charge is -2.31. The molecule has 0 aliphatic carbocycles. The molecule has 0 unspecified atom stereocenters. The largest absolute Gasteiger partial charge is 0.481 e. The summed E-state index contributed by atoms with van der Waals surface area (Å²) in [5, 5.41) is 0. The van der Waals surface area contributed by atoms with Crippen LogP contribution in [-0.2, 0) is 16.1 Å². The Hall–Kier alpha value is -3.02. The van der Waals surface area contributed by atoms with Crippen LogP contribution in [-0.4, -0.2) is 31.3 Å². The predicted molar refractivity (Wildman–Crippen MR) is 104 cm³/mol. The normalized spacial score (nSPS) is 13.6. The maximum Gasteiger partial charge on any atom is 0.414 e. The highest BCUT2D eigenvalue weighted by Gasteiger charge is 2.27. The molecule has 0 bridgehead atoms. The second-order valence-corrected chi connectivity index (χ2v) is 7.45. The molecule has 1 aliphatic heterocycles. The lowest BCUT2D eigenvalue weighted by Crippen LogP contribution is -2.38. The minimum atomic E-state index is -0.574. The first-order valence-corrected chi connectivity index (χ1v) is 8.82. The van der Waals surface area contributed by atoms with Gasteiger partial charge in [0.2, 0.25) is 0 Å². The van der Waals surface area contributed by atoms with Crippen LogP contribution in [0.3, 0.4) is 0 Å². The van der Waals surface area contributed by atoms with E-state index in [1.807, 2.05) is 51.1 Å². The number of nitrogens with zero attached hydrogens (tertiary/aromatic N) is 2. The van der Waals surface area contributed by atoms with Gasteiger partial charge in [0, 0.05) is 13.1 Å². The Bertz CT molecular complexity index is 843. The molecule has 0 aromatic heterocycles. The first-order chi connectivity index (χ1) is 12.7. The highest BCUT2D eigenvalue weighted by atomic mass is 16.6. The van der Waals surface area contributed by atoms with Crippen LogP contribution in [0, 0.1) is 0 Å². The third kappa shape index (κ3) is 4.39. The van der Waals surface area contributed by atoms with Crippen LogP contribution in [0.15, 0.2) is 48.5 Å². The fraction of sp³-hybridized carbons (Fsp3) is 0.333. The van der Waals surface area contributed by atoms with E-state index in [9.17, 15) is 9.59 Å². The molecule has 6 nitrogen and oxygen atoms in total. The Balaban J connectivity index is 1.84. The number of carbonyl (C=O) groups is 2. The smallest absolute Gasteiger partial charge is 0.414 e. The summed E-state index contributed by atoms with van der Waals surface area (Å²) in [6, 6.07) is 15.1. The molecular weight excluding hydrogens is 344 g/mol. The summed E-state index contributed by atoms with van der Waals surface area (Å²) in [5.74, 6) is 0.470. The Morgan fingerprint density at radius 1 is 1.19 bits per heavy atom. The number of carbonyl (C=O) groups excluding carboxylic acids is 2. The molecule has 0 radical (unpaired) electrons. The summed E-state index contributed by atoms with van der Waals surface area (Å²) in [6.07, 6.45) is -0.449. The Labute approximate surface area is 159 Å². The van der Waals surface area contributed by atoms with Gasteiger partial charge in [-0.15, -0.1) is 0 Å². The zero-order chi connectivity index (χ0) is 19.6. The molecule has 0 saturated heterocycles. The average molecular weight is 368 g/mol. The molecule has 1 heterocycles. The molecule has 142 valence electrons. The topological polar surface area (TPSA) is 59.1 Å². The van der Waals surface area contributed by atoms with Gasteiger partial charge in [0.15, 0.2) is 6.61 Å². The van der Waals surface area contributed by atoms with E-state index in [1.54, 1.807) is 30.1 Å². The van der Waals surface area contributed by atoms with Crippen molar-refractivity contribution < 1.29 is 19.1 Å². The second kappa shape index (κ2) is 7.31. The van der Waals surface area contributed by atoms with Crippen molar-refractivity contribution in [1.29, 1.82) is 0 Å². The Kier molecular flexibility index (Phi) is 5.08. The van der Waals surface area contributed by atoms with Gasteiger partial charge in [-0.2, -0.15) is 0 Å². The van der Waals surface area contributed by atoms with Crippen LogP contribution < -0.4 is 14.5 Å². The zero-order valence-electron chi connectivity index (χ0n) is 16.1. The number of amides is 2. The quantitative estimate of drug-likeness (QED) is 0.822. The molecule has 0 spiro atoms. The van der Waals surface area contributed by atoms with Gasteiger partial charge in [0.25, 0.3) is 5.91 Å². The van der Waals surface area contributed by atoms with Gasteiger partial charge in [-0.1, -0.05) is 30.3 Å². The first kappa shape index (κ1) is 18.8. The first-order valence-electron chi connectivity index (χ1n) is 8.82. The molecule has 0 fully saturated rings. The summed E-state index contributed by atoms with van der Waals surface area (Å²) in [6.45, 7) is 5.90. The van der Waals surface area contributed by atoms with Crippen molar-refractivity contribution in [3.63, 3.8) is 0 Å². The summed E-state index contributed by atoms with van der Waals surface area (Å²) < 4.78 is 11.0. The Morgan fingerprint density at radius 2 is 1.89 bits per heavy atom. The highest BCUT2D eigenvalue weighted by Crippen LogP contribution is 2.36. The fourth-order valence-corrected chi connectivity index (χ4v) is 2.78. The highest BCUT2D eigenvalue weighted by molar-refractivity contribution is 5.98. The summed E-state index contributed by atoms with van der Waals surface area (Å²) in [4.78, 5) is 27.8. The van der Waals surface area contributed by atoms with Gasteiger partial charge >= 0.3 is 6.09 Å². The van der Waals surface area contributed by atoms with Gasteiger partial charge in [0.1, 0.15) is 11.4 Å². The summed E-state index contributed by atoms with van der Waals surface area (Å²) >= 11 is 0. The van der Waals surface area contributed by atoms with Gasteiger partial charge in [0.05, 0.1) is 17.9 Å². The van der Waals surface area contributed by atoms with Gasteiger partial charge in [-0.05, 0) is 38.5 Å². The van der Waals surface area contributed by atoms with Crippen LogP contribution in [0.5, 0.6) is 5.75 Å². The SMILES string of the molecule is CN(C(=O)OC(C)(C)C)c1ccc2c(c1)OCC(=O)N2Cc1ccccc1. The van der Waals surface area contributed by atoms with E-state index in [0.717, 1.165) is 5.56 Å². The van der Waals surface area contributed by atoms with E-state index in [2.05, 4.69) is 0 Å². The third-order valence-electron chi connectivity index (χ3n) is 4.12. The van der Waals surface area contributed by atoms with E-state index in [0.29, 0.717) is 23.7 Å². The van der Waals surface area contributed by atoms with Crippen LogP contribution in [0.1, 0.15) is 26.3 Å². The lowest BCUT2D eigenvalue weighted by atomic mass is 10.1. The van der Waals surface area contributed by atoms with Crippen molar-refractivity contribution in [1.82, 2.24) is 0 Å². The van der Waals surface area contributed by atoms with Crippen molar-refractivity contribution in [2.45, 2.75) is 32.9 Å². The van der Waals surface area contributed by atoms with E-state index in [-0.39, 0.29) is 12.5 Å². The third-order valence-corrected chi connectivity index (χ3v) is 4.12. The molecular formula is C21H24N2O4. The molecule has 0 saturated carbocycles. The maximum absolute atomic E-state index is 12.4. The van der Waals surface area contributed by atoms with Crippen LogP contribution in [0.4, 0.5) is 16.2 Å². The molecule has 3 rings (SSSR count). The number of fused-ring (bicyclic) bond motifs is 1. The number of rotatable bonds is 3. The molecule has 6 heteroatoms. The minimum absolute atomic E-state index is 0.0283. The summed E-state index contributed by atoms with van der Waals surface area (Å²) in [5.41, 5.74) is 1.79. The van der Waals surface area contributed by atoms with Crippen LogP contribution in [0.2, 0.25) is 0 Å². The number of benzene rings is 2. The van der Waals surface area contributed by atoms with Gasteiger partial charge < -0.3 is 14.4 Å². The zero-order valence-corrected chi connectivity index (χ0v) is 16.1. The van der Waals surface area contributed by atoms with Crippen LogP contribution in [0.25, 0.3) is 0 Å². The molecule has 2 aromatic carbocycles. The number of hydrogen-bond acceptors (Lipinski definition) is 4. The molecule has 1 aliphatic rings. The number of ether oxygens (including phenoxy) is 2. The van der Waals surface area contributed by atoms with Gasteiger partial charge in [-0.3, -0.25) is 9.69 Å². The average Bonchev–Trinajstić information content (AvgIpc) is 2.62. The van der Waals surface area contributed by atoms with E-state index in [1.165, 1.54) is 4.90 Å². The predicted octanol–water partition coefficient (Wildman–Crippen LogP) is 3.98.